The first kappa shape index (κ1) is 10.6. The van der Waals surface area contributed by atoms with Crippen molar-refractivity contribution in [3.63, 3.8) is 0 Å². The molecule has 0 aromatic heterocycles. The molecule has 0 saturated heterocycles. The molecule has 0 bridgehead atoms. The van der Waals surface area contributed by atoms with Crippen LogP contribution in [0.2, 0.25) is 0 Å². The van der Waals surface area contributed by atoms with E-state index in [2.05, 4.69) is 5.32 Å². The minimum absolute atomic E-state index is 0.137. The maximum Gasteiger partial charge on any atom is 0.234 e. The quantitative estimate of drug-likeness (QED) is 0.745. The minimum atomic E-state index is -0.285. The minimum Gasteiger partial charge on any atom is -0.490 e. The van der Waals surface area contributed by atoms with Gasteiger partial charge in [0.1, 0.15) is 12.4 Å². The molecule has 1 aromatic rings. The van der Waals surface area contributed by atoms with Gasteiger partial charge in [0, 0.05) is 0 Å². The summed E-state index contributed by atoms with van der Waals surface area (Å²) in [5.41, 5.74) is 1.68. The van der Waals surface area contributed by atoms with Crippen LogP contribution in [0, 0.1) is 12.3 Å². The molecule has 90 valence electrons. The first-order valence-corrected chi connectivity index (χ1v) is 6.25. The molecule has 1 spiro atoms. The van der Waals surface area contributed by atoms with Gasteiger partial charge in [-0.2, -0.15) is 0 Å². The first-order chi connectivity index (χ1) is 8.20. The van der Waals surface area contributed by atoms with Gasteiger partial charge < -0.3 is 10.1 Å². The standard InChI is InChI=1S/C14H17NO2/c1-10-4-5-11-12(8-10)17-9-14(13(16)15-11)6-2-3-7-14/h4-5,8H,2-3,6-7,9H2,1H3,(H,15,16). The van der Waals surface area contributed by atoms with E-state index < -0.39 is 0 Å². The van der Waals surface area contributed by atoms with E-state index in [0.717, 1.165) is 42.7 Å². The monoisotopic (exact) mass is 231 g/mol. The number of aryl methyl sites for hydroxylation is 1. The van der Waals surface area contributed by atoms with Gasteiger partial charge in [0.05, 0.1) is 11.1 Å². The van der Waals surface area contributed by atoms with Crippen molar-refractivity contribution in [1.82, 2.24) is 0 Å². The Kier molecular flexibility index (Phi) is 2.35. The van der Waals surface area contributed by atoms with Crippen LogP contribution >= 0.6 is 0 Å². The molecule has 0 atom stereocenters. The van der Waals surface area contributed by atoms with E-state index in [-0.39, 0.29) is 11.3 Å². The van der Waals surface area contributed by atoms with Gasteiger partial charge in [-0.15, -0.1) is 0 Å². The highest BCUT2D eigenvalue weighted by molar-refractivity contribution is 5.97. The van der Waals surface area contributed by atoms with Crippen LogP contribution in [0.1, 0.15) is 31.2 Å². The van der Waals surface area contributed by atoms with Crippen LogP contribution in [0.3, 0.4) is 0 Å². The van der Waals surface area contributed by atoms with Gasteiger partial charge in [-0.25, -0.2) is 0 Å². The number of benzene rings is 1. The van der Waals surface area contributed by atoms with Crippen molar-refractivity contribution in [3.8, 4) is 5.75 Å². The zero-order valence-corrected chi connectivity index (χ0v) is 10.1. The molecule has 3 nitrogen and oxygen atoms in total. The van der Waals surface area contributed by atoms with Gasteiger partial charge >= 0.3 is 0 Å². The van der Waals surface area contributed by atoms with Crippen molar-refractivity contribution in [2.45, 2.75) is 32.6 Å². The molecular weight excluding hydrogens is 214 g/mol. The summed E-state index contributed by atoms with van der Waals surface area (Å²) >= 11 is 0. The molecule has 1 amide bonds. The fraction of sp³-hybridized carbons (Fsp3) is 0.500. The number of ether oxygens (including phenoxy) is 1. The van der Waals surface area contributed by atoms with E-state index in [1.165, 1.54) is 0 Å². The van der Waals surface area contributed by atoms with E-state index in [9.17, 15) is 4.79 Å². The van der Waals surface area contributed by atoms with Crippen LogP contribution in [0.5, 0.6) is 5.75 Å². The number of rotatable bonds is 0. The van der Waals surface area contributed by atoms with Gasteiger partial charge in [-0.1, -0.05) is 18.9 Å². The molecule has 1 aliphatic heterocycles. The third-order valence-electron chi connectivity index (χ3n) is 3.93. The first-order valence-electron chi connectivity index (χ1n) is 6.25. The smallest absolute Gasteiger partial charge is 0.234 e. The Morgan fingerprint density at radius 2 is 2.06 bits per heavy atom. The second-order valence-corrected chi connectivity index (χ2v) is 5.23. The van der Waals surface area contributed by atoms with Crippen LogP contribution in [-0.4, -0.2) is 12.5 Å². The lowest BCUT2D eigenvalue weighted by Gasteiger charge is -2.23. The molecule has 3 rings (SSSR count). The molecule has 1 heterocycles. The van der Waals surface area contributed by atoms with Crippen molar-refractivity contribution in [2.75, 3.05) is 11.9 Å². The second-order valence-electron chi connectivity index (χ2n) is 5.23. The van der Waals surface area contributed by atoms with Crippen molar-refractivity contribution >= 4 is 11.6 Å². The van der Waals surface area contributed by atoms with Gasteiger partial charge in [0.25, 0.3) is 0 Å². The number of fused-ring (bicyclic) bond motifs is 1. The highest BCUT2D eigenvalue weighted by Gasteiger charge is 2.43. The summed E-state index contributed by atoms with van der Waals surface area (Å²) in [6, 6.07) is 5.91. The van der Waals surface area contributed by atoms with Crippen molar-refractivity contribution in [1.29, 1.82) is 0 Å². The molecule has 0 radical (unpaired) electrons. The molecule has 1 aromatic carbocycles. The predicted octanol–water partition coefficient (Wildman–Crippen LogP) is 2.89. The van der Waals surface area contributed by atoms with Gasteiger partial charge in [-0.3, -0.25) is 4.79 Å². The second kappa shape index (κ2) is 3.76. The molecule has 1 N–H and O–H groups in total. The van der Waals surface area contributed by atoms with Gasteiger partial charge in [-0.05, 0) is 37.5 Å². The largest absolute Gasteiger partial charge is 0.490 e. The topological polar surface area (TPSA) is 38.3 Å². The zero-order chi connectivity index (χ0) is 11.9. The SMILES string of the molecule is Cc1ccc2c(c1)OCC1(CCCC1)C(=O)N2. The lowest BCUT2D eigenvalue weighted by atomic mass is 9.86. The van der Waals surface area contributed by atoms with Crippen LogP contribution in [0.4, 0.5) is 5.69 Å². The van der Waals surface area contributed by atoms with Gasteiger partial charge in [0.2, 0.25) is 5.91 Å². The van der Waals surface area contributed by atoms with Crippen molar-refractivity contribution in [3.05, 3.63) is 23.8 Å². The summed E-state index contributed by atoms with van der Waals surface area (Å²) in [6.45, 7) is 2.55. The Labute approximate surface area is 101 Å². The average Bonchev–Trinajstić information content (AvgIpc) is 2.74. The van der Waals surface area contributed by atoms with E-state index in [0.29, 0.717) is 6.61 Å². The maximum absolute atomic E-state index is 12.3. The summed E-state index contributed by atoms with van der Waals surface area (Å²) < 4.78 is 5.85. The van der Waals surface area contributed by atoms with E-state index in [4.69, 9.17) is 4.74 Å². The van der Waals surface area contributed by atoms with Crippen LogP contribution in [-0.2, 0) is 4.79 Å². The lowest BCUT2D eigenvalue weighted by molar-refractivity contribution is -0.126. The number of anilines is 1. The Bertz CT molecular complexity index is 461. The lowest BCUT2D eigenvalue weighted by Crippen LogP contribution is -2.37. The molecule has 0 unspecified atom stereocenters. The average molecular weight is 231 g/mol. The maximum atomic E-state index is 12.3. The number of hydrogen-bond acceptors (Lipinski definition) is 2. The fourth-order valence-corrected chi connectivity index (χ4v) is 2.81. The summed E-state index contributed by atoms with van der Waals surface area (Å²) in [7, 11) is 0. The fourth-order valence-electron chi connectivity index (χ4n) is 2.81. The van der Waals surface area contributed by atoms with Crippen LogP contribution in [0.25, 0.3) is 0 Å². The zero-order valence-electron chi connectivity index (χ0n) is 10.1. The number of hydrogen-bond donors (Lipinski definition) is 1. The van der Waals surface area contributed by atoms with Crippen molar-refractivity contribution in [2.24, 2.45) is 5.41 Å². The highest BCUT2D eigenvalue weighted by atomic mass is 16.5. The number of nitrogens with one attached hydrogen (secondary N) is 1. The molecule has 1 fully saturated rings. The third-order valence-corrected chi connectivity index (χ3v) is 3.93. The summed E-state index contributed by atoms with van der Waals surface area (Å²) in [5, 5.41) is 3.02. The van der Waals surface area contributed by atoms with E-state index in [1.807, 2.05) is 25.1 Å². The number of carbonyl (C=O) groups is 1. The molecule has 17 heavy (non-hydrogen) atoms. The van der Waals surface area contributed by atoms with E-state index in [1.54, 1.807) is 0 Å². The third kappa shape index (κ3) is 1.70. The molecule has 2 aliphatic rings. The van der Waals surface area contributed by atoms with Crippen molar-refractivity contribution < 1.29 is 9.53 Å². The Morgan fingerprint density at radius 3 is 2.82 bits per heavy atom. The predicted molar refractivity (Wildman–Crippen MR) is 66.2 cm³/mol. The normalized spacial score (nSPS) is 21.6. The number of amides is 1. The van der Waals surface area contributed by atoms with Crippen LogP contribution in [0.15, 0.2) is 18.2 Å². The Morgan fingerprint density at radius 1 is 1.29 bits per heavy atom. The molecule has 1 saturated carbocycles. The number of carbonyl (C=O) groups excluding carboxylic acids is 1. The molecule has 3 heteroatoms. The Balaban J connectivity index is 1.96. The molecular formula is C14H17NO2. The molecule has 1 aliphatic carbocycles. The van der Waals surface area contributed by atoms with Gasteiger partial charge in [0.15, 0.2) is 0 Å². The van der Waals surface area contributed by atoms with Crippen LogP contribution < -0.4 is 10.1 Å². The summed E-state index contributed by atoms with van der Waals surface area (Å²) in [4.78, 5) is 12.3. The highest BCUT2D eigenvalue weighted by Crippen LogP contribution is 2.42. The summed E-state index contributed by atoms with van der Waals surface area (Å²) in [6.07, 6.45) is 4.16. The summed E-state index contributed by atoms with van der Waals surface area (Å²) in [5.74, 6) is 0.944. The van der Waals surface area contributed by atoms with E-state index >= 15 is 0 Å². The Hall–Kier alpha value is -1.51.